The summed E-state index contributed by atoms with van der Waals surface area (Å²) in [6, 6.07) is 16.7. The molecule has 0 aliphatic heterocycles. The molecule has 1 N–H and O–H groups in total. The van der Waals surface area contributed by atoms with E-state index in [1.54, 1.807) is 25.4 Å². The van der Waals surface area contributed by atoms with Gasteiger partial charge >= 0.3 is 5.97 Å². The highest BCUT2D eigenvalue weighted by Crippen LogP contribution is 2.25. The van der Waals surface area contributed by atoms with E-state index in [2.05, 4.69) is 4.98 Å². The van der Waals surface area contributed by atoms with Gasteiger partial charge in [-0.3, -0.25) is 4.98 Å². The van der Waals surface area contributed by atoms with Gasteiger partial charge in [-0.05, 0) is 66.8 Å². The summed E-state index contributed by atoms with van der Waals surface area (Å²) >= 11 is 0. The summed E-state index contributed by atoms with van der Waals surface area (Å²) in [7, 11) is 1.65. The van der Waals surface area contributed by atoms with Crippen LogP contribution >= 0.6 is 0 Å². The van der Waals surface area contributed by atoms with E-state index in [1.807, 2.05) is 49.4 Å². The predicted molar refractivity (Wildman–Crippen MR) is 107 cm³/mol. The van der Waals surface area contributed by atoms with Crippen molar-refractivity contribution in [2.24, 2.45) is 0 Å². The number of carbonyl (C=O) groups is 1. The number of benzene rings is 2. The second-order valence-corrected chi connectivity index (χ2v) is 6.55. The first kappa shape index (κ1) is 19.4. The van der Waals surface area contributed by atoms with Crippen LogP contribution in [0.5, 0.6) is 11.5 Å². The molecule has 0 unspecified atom stereocenters. The third-order valence-electron chi connectivity index (χ3n) is 4.54. The molecule has 3 rings (SSSR count). The molecule has 1 aromatic heterocycles. The Bertz CT molecular complexity index is 951. The molecule has 0 spiro atoms. The van der Waals surface area contributed by atoms with Crippen LogP contribution in [0.1, 0.15) is 32.7 Å². The van der Waals surface area contributed by atoms with Crippen LogP contribution in [0.15, 0.2) is 60.8 Å². The number of carboxylic acids is 1. The molecule has 3 aromatic rings. The third-order valence-corrected chi connectivity index (χ3v) is 4.54. The van der Waals surface area contributed by atoms with Crippen molar-refractivity contribution in [3.8, 4) is 11.5 Å². The van der Waals surface area contributed by atoms with Crippen molar-refractivity contribution in [2.45, 2.75) is 26.4 Å². The van der Waals surface area contributed by atoms with E-state index in [0.717, 1.165) is 40.3 Å². The Morgan fingerprint density at radius 2 is 1.82 bits per heavy atom. The van der Waals surface area contributed by atoms with Crippen LogP contribution in [0.3, 0.4) is 0 Å². The van der Waals surface area contributed by atoms with Gasteiger partial charge in [0.1, 0.15) is 18.1 Å². The summed E-state index contributed by atoms with van der Waals surface area (Å²) in [5.74, 6) is 0.682. The van der Waals surface area contributed by atoms with Gasteiger partial charge in [-0.2, -0.15) is 0 Å². The van der Waals surface area contributed by atoms with Gasteiger partial charge in [0.25, 0.3) is 0 Å². The zero-order valence-corrected chi connectivity index (χ0v) is 16.0. The second kappa shape index (κ2) is 9.04. The molecular formula is C23H23NO4. The molecule has 0 fully saturated rings. The van der Waals surface area contributed by atoms with Gasteiger partial charge in [-0.15, -0.1) is 0 Å². The lowest BCUT2D eigenvalue weighted by molar-refractivity contribution is 0.0697. The summed E-state index contributed by atoms with van der Waals surface area (Å²) in [6.07, 6.45) is 3.25. The normalized spacial score (nSPS) is 10.5. The van der Waals surface area contributed by atoms with Gasteiger partial charge in [0, 0.05) is 6.20 Å². The van der Waals surface area contributed by atoms with Gasteiger partial charge in [0.05, 0.1) is 18.4 Å². The largest absolute Gasteiger partial charge is 0.497 e. The number of aromatic nitrogens is 1. The Morgan fingerprint density at radius 1 is 1.04 bits per heavy atom. The summed E-state index contributed by atoms with van der Waals surface area (Å²) < 4.78 is 11.4. The van der Waals surface area contributed by atoms with Crippen LogP contribution in [-0.2, 0) is 19.4 Å². The lowest BCUT2D eigenvalue weighted by atomic mass is 10.0. The van der Waals surface area contributed by atoms with Crippen molar-refractivity contribution in [1.82, 2.24) is 4.98 Å². The molecule has 28 heavy (non-hydrogen) atoms. The Kier molecular flexibility index (Phi) is 6.27. The van der Waals surface area contributed by atoms with Gasteiger partial charge in [-0.25, -0.2) is 4.79 Å². The molecular weight excluding hydrogens is 354 g/mol. The van der Waals surface area contributed by atoms with Crippen molar-refractivity contribution < 1.29 is 19.4 Å². The number of carboxylic acid groups (broad SMARTS) is 1. The van der Waals surface area contributed by atoms with E-state index < -0.39 is 5.97 Å². The average Bonchev–Trinajstić information content (AvgIpc) is 2.72. The number of hydrogen-bond acceptors (Lipinski definition) is 4. The van der Waals surface area contributed by atoms with Crippen LogP contribution < -0.4 is 9.47 Å². The topological polar surface area (TPSA) is 68.7 Å². The number of hydrogen-bond donors (Lipinski definition) is 1. The molecule has 144 valence electrons. The minimum Gasteiger partial charge on any atom is -0.497 e. The second-order valence-electron chi connectivity index (χ2n) is 6.55. The first-order valence-corrected chi connectivity index (χ1v) is 9.09. The molecule has 0 bridgehead atoms. The van der Waals surface area contributed by atoms with Crippen LogP contribution in [-0.4, -0.2) is 23.2 Å². The third kappa shape index (κ3) is 4.88. The number of methoxy groups -OCH3 is 1. The fraction of sp³-hybridized carbons (Fsp3) is 0.217. The smallest absolute Gasteiger partial charge is 0.335 e. The van der Waals surface area contributed by atoms with Crippen LogP contribution in [0.25, 0.3) is 0 Å². The molecule has 0 saturated carbocycles. The summed E-state index contributed by atoms with van der Waals surface area (Å²) in [5, 5.41) is 9.00. The lowest BCUT2D eigenvalue weighted by Crippen LogP contribution is -2.04. The fourth-order valence-corrected chi connectivity index (χ4v) is 2.97. The highest BCUT2D eigenvalue weighted by atomic mass is 16.5. The number of ether oxygens (including phenoxy) is 2. The van der Waals surface area contributed by atoms with Crippen molar-refractivity contribution in [3.63, 3.8) is 0 Å². The van der Waals surface area contributed by atoms with Gasteiger partial charge < -0.3 is 14.6 Å². The fourth-order valence-electron chi connectivity index (χ4n) is 2.97. The lowest BCUT2D eigenvalue weighted by Gasteiger charge is -2.14. The van der Waals surface area contributed by atoms with Crippen LogP contribution in [0, 0.1) is 6.92 Å². The zero-order chi connectivity index (χ0) is 19.9. The van der Waals surface area contributed by atoms with Crippen molar-refractivity contribution in [2.75, 3.05) is 7.11 Å². The first-order chi connectivity index (χ1) is 13.6. The maximum Gasteiger partial charge on any atom is 0.335 e. The molecule has 0 aliphatic carbocycles. The molecule has 1 heterocycles. The van der Waals surface area contributed by atoms with Crippen molar-refractivity contribution in [3.05, 3.63) is 88.7 Å². The van der Waals surface area contributed by atoms with E-state index in [9.17, 15) is 4.79 Å². The SMILES string of the molecule is COc1cccc(COc2c(C)ccnc2CCc2ccc(C(=O)O)cc2)c1. The monoisotopic (exact) mass is 377 g/mol. The predicted octanol–water partition coefficient (Wildman–Crippen LogP) is 4.46. The number of aryl methyl sites for hydroxylation is 3. The van der Waals surface area contributed by atoms with Crippen LogP contribution in [0.4, 0.5) is 0 Å². The van der Waals surface area contributed by atoms with Crippen LogP contribution in [0.2, 0.25) is 0 Å². The quantitative estimate of drug-likeness (QED) is 0.628. The van der Waals surface area contributed by atoms with Gasteiger partial charge in [0.2, 0.25) is 0 Å². The van der Waals surface area contributed by atoms with Crippen molar-refractivity contribution >= 4 is 5.97 Å². The standard InChI is InChI=1S/C23H23NO4/c1-16-12-13-24-21(11-8-17-6-9-19(10-7-17)23(25)26)22(16)28-15-18-4-3-5-20(14-18)27-2/h3-7,9-10,12-14H,8,11,15H2,1-2H3,(H,25,26). The van der Waals surface area contributed by atoms with Crippen molar-refractivity contribution in [1.29, 1.82) is 0 Å². The van der Waals surface area contributed by atoms with E-state index in [0.29, 0.717) is 18.6 Å². The van der Waals surface area contributed by atoms with E-state index in [4.69, 9.17) is 14.6 Å². The highest BCUT2D eigenvalue weighted by molar-refractivity contribution is 5.87. The molecule has 0 aliphatic rings. The van der Waals surface area contributed by atoms with Gasteiger partial charge in [0.15, 0.2) is 0 Å². The molecule has 0 atom stereocenters. The minimum atomic E-state index is -0.917. The molecule has 0 amide bonds. The highest BCUT2D eigenvalue weighted by Gasteiger charge is 2.10. The Balaban J connectivity index is 1.69. The van der Waals surface area contributed by atoms with E-state index in [-0.39, 0.29) is 0 Å². The maximum atomic E-state index is 11.0. The molecule has 0 radical (unpaired) electrons. The molecule has 5 heteroatoms. The summed E-state index contributed by atoms with van der Waals surface area (Å²) in [4.78, 5) is 15.5. The molecule has 0 saturated heterocycles. The molecule has 2 aromatic carbocycles. The molecule has 5 nitrogen and oxygen atoms in total. The van der Waals surface area contributed by atoms with E-state index >= 15 is 0 Å². The summed E-state index contributed by atoms with van der Waals surface area (Å²) in [6.45, 7) is 2.44. The number of aromatic carboxylic acids is 1. The maximum absolute atomic E-state index is 11.0. The summed E-state index contributed by atoms with van der Waals surface area (Å²) in [5.41, 5.74) is 4.31. The number of nitrogens with zero attached hydrogens (tertiary/aromatic N) is 1. The zero-order valence-electron chi connectivity index (χ0n) is 16.0. The van der Waals surface area contributed by atoms with Gasteiger partial charge in [-0.1, -0.05) is 24.3 Å². The Morgan fingerprint density at radius 3 is 2.54 bits per heavy atom. The average molecular weight is 377 g/mol. The number of rotatable bonds is 8. The van der Waals surface area contributed by atoms with E-state index in [1.165, 1.54) is 0 Å². The minimum absolute atomic E-state index is 0.291. The first-order valence-electron chi connectivity index (χ1n) is 9.09. The number of pyridine rings is 1. The Hall–Kier alpha value is -3.34. The Labute approximate surface area is 164 Å².